The number of aryl methyl sites for hydroxylation is 1. The number of fused-ring (bicyclic) bond motifs is 1. The quantitative estimate of drug-likeness (QED) is 0.846. The van der Waals surface area contributed by atoms with Gasteiger partial charge in [0.05, 0.1) is 19.4 Å². The van der Waals surface area contributed by atoms with Crippen molar-refractivity contribution < 1.29 is 4.74 Å². The molecule has 6 nitrogen and oxygen atoms in total. The smallest absolute Gasteiger partial charge is 0.157 e. The predicted molar refractivity (Wildman–Crippen MR) is 82.8 cm³/mol. The fourth-order valence-electron chi connectivity index (χ4n) is 2.91. The van der Waals surface area contributed by atoms with Crippen LogP contribution in [0.1, 0.15) is 12.6 Å². The highest BCUT2D eigenvalue weighted by Gasteiger charge is 2.19. The van der Waals surface area contributed by atoms with Crippen molar-refractivity contribution in [3.63, 3.8) is 0 Å². The summed E-state index contributed by atoms with van der Waals surface area (Å²) in [6.07, 6.45) is 1.80. The molecule has 3 rings (SSSR count). The third kappa shape index (κ3) is 3.01. The molecule has 1 saturated heterocycles. The lowest BCUT2D eigenvalue weighted by Crippen LogP contribution is -2.47. The maximum atomic E-state index is 5.42. The molecule has 2 aromatic heterocycles. The number of hydrogen-bond donors (Lipinski definition) is 0. The number of aromatic nitrogens is 3. The molecule has 3 heterocycles. The highest BCUT2D eigenvalue weighted by Crippen LogP contribution is 2.17. The van der Waals surface area contributed by atoms with Gasteiger partial charge in [0.1, 0.15) is 5.82 Å². The van der Waals surface area contributed by atoms with Crippen molar-refractivity contribution in [2.24, 2.45) is 0 Å². The highest BCUT2D eigenvalue weighted by molar-refractivity contribution is 5.50. The maximum Gasteiger partial charge on any atom is 0.157 e. The Bertz CT molecular complexity index is 605. The third-order valence-electron chi connectivity index (χ3n) is 4.07. The van der Waals surface area contributed by atoms with E-state index in [1.807, 2.05) is 17.5 Å². The number of rotatable bonds is 4. The Hall–Kier alpha value is -1.66. The summed E-state index contributed by atoms with van der Waals surface area (Å²) in [6.45, 7) is 8.96. The molecule has 1 fully saturated rings. The van der Waals surface area contributed by atoms with Gasteiger partial charge in [0.2, 0.25) is 0 Å². The molecule has 21 heavy (non-hydrogen) atoms. The van der Waals surface area contributed by atoms with E-state index in [9.17, 15) is 0 Å². The van der Waals surface area contributed by atoms with E-state index in [1.54, 1.807) is 6.20 Å². The summed E-state index contributed by atoms with van der Waals surface area (Å²) in [7, 11) is 2.12. The fraction of sp³-hybridized carbons (Fsp3) is 0.600. The molecule has 0 unspecified atom stereocenters. The van der Waals surface area contributed by atoms with Gasteiger partial charge in [-0.25, -0.2) is 4.98 Å². The van der Waals surface area contributed by atoms with Gasteiger partial charge in [-0.15, -0.1) is 0 Å². The summed E-state index contributed by atoms with van der Waals surface area (Å²) in [5.41, 5.74) is 1.92. The molecule has 1 aliphatic heterocycles. The minimum absolute atomic E-state index is 0.484. The van der Waals surface area contributed by atoms with E-state index in [1.165, 1.54) is 0 Å². The van der Waals surface area contributed by atoms with E-state index in [2.05, 4.69) is 39.9 Å². The molecule has 0 radical (unpaired) electrons. The van der Waals surface area contributed by atoms with E-state index in [0.717, 1.165) is 50.0 Å². The Balaban J connectivity index is 1.77. The zero-order chi connectivity index (χ0) is 14.8. The van der Waals surface area contributed by atoms with Gasteiger partial charge < -0.3 is 9.64 Å². The third-order valence-corrected chi connectivity index (χ3v) is 4.07. The topological polar surface area (TPSA) is 45.9 Å². The van der Waals surface area contributed by atoms with Crippen LogP contribution >= 0.6 is 0 Å². The molecule has 2 aromatic rings. The number of anilines is 1. The first-order chi connectivity index (χ1) is 10.1. The van der Waals surface area contributed by atoms with Crippen LogP contribution in [0.25, 0.3) is 5.65 Å². The Morgan fingerprint density at radius 1 is 1.38 bits per heavy atom. The molecule has 1 atom stereocenters. The van der Waals surface area contributed by atoms with Gasteiger partial charge in [0.25, 0.3) is 0 Å². The molecule has 1 aliphatic rings. The van der Waals surface area contributed by atoms with Crippen LogP contribution in [0.15, 0.2) is 18.3 Å². The first kappa shape index (κ1) is 14.3. The number of morpholine rings is 1. The summed E-state index contributed by atoms with van der Waals surface area (Å²) in [6, 6.07) is 4.51. The Kier molecular flexibility index (Phi) is 4.07. The van der Waals surface area contributed by atoms with E-state index in [-0.39, 0.29) is 0 Å². The second-order valence-corrected chi connectivity index (χ2v) is 5.73. The molecule has 6 heteroatoms. The molecule has 0 spiro atoms. The molecule has 0 bridgehead atoms. The molecular weight excluding hydrogens is 266 g/mol. The van der Waals surface area contributed by atoms with Crippen LogP contribution in [-0.4, -0.2) is 65.4 Å². The van der Waals surface area contributed by atoms with Gasteiger partial charge in [-0.05, 0) is 13.8 Å². The number of hydrogen-bond acceptors (Lipinski definition) is 5. The Morgan fingerprint density at radius 3 is 2.90 bits per heavy atom. The predicted octanol–water partition coefficient (Wildman–Crippen LogP) is 1.19. The van der Waals surface area contributed by atoms with Crippen LogP contribution in [0, 0.1) is 6.92 Å². The van der Waals surface area contributed by atoms with E-state index in [0.29, 0.717) is 6.04 Å². The standard InChI is InChI=1S/C15H23N5O/c1-12-10-15(20-14(17-12)4-5-16-20)18(3)11-13(2)19-6-8-21-9-7-19/h4-5,10,13H,6-9,11H2,1-3H3/t13-/m1/s1. The van der Waals surface area contributed by atoms with Gasteiger partial charge in [0.15, 0.2) is 5.65 Å². The van der Waals surface area contributed by atoms with Gasteiger partial charge in [-0.3, -0.25) is 4.90 Å². The lowest BCUT2D eigenvalue weighted by atomic mass is 10.2. The minimum Gasteiger partial charge on any atom is -0.379 e. The highest BCUT2D eigenvalue weighted by atomic mass is 16.5. The fourth-order valence-corrected chi connectivity index (χ4v) is 2.91. The van der Waals surface area contributed by atoms with Crippen LogP contribution < -0.4 is 4.90 Å². The van der Waals surface area contributed by atoms with Gasteiger partial charge in [-0.1, -0.05) is 0 Å². The van der Waals surface area contributed by atoms with E-state index >= 15 is 0 Å². The zero-order valence-corrected chi connectivity index (χ0v) is 13.0. The zero-order valence-electron chi connectivity index (χ0n) is 13.0. The second kappa shape index (κ2) is 5.99. The van der Waals surface area contributed by atoms with Crippen LogP contribution in [0.2, 0.25) is 0 Å². The van der Waals surface area contributed by atoms with Crippen LogP contribution in [-0.2, 0) is 4.74 Å². The first-order valence-corrected chi connectivity index (χ1v) is 7.49. The first-order valence-electron chi connectivity index (χ1n) is 7.49. The summed E-state index contributed by atoms with van der Waals surface area (Å²) in [4.78, 5) is 9.23. The number of likely N-dealkylation sites (N-methyl/N-ethyl adjacent to an activating group) is 1. The monoisotopic (exact) mass is 289 g/mol. The molecular formula is C15H23N5O. The van der Waals surface area contributed by atoms with Crippen molar-refractivity contribution >= 4 is 11.5 Å². The van der Waals surface area contributed by atoms with Gasteiger partial charge in [0, 0.05) is 50.6 Å². The van der Waals surface area contributed by atoms with Crippen molar-refractivity contribution in [1.29, 1.82) is 0 Å². The molecule has 0 N–H and O–H groups in total. The SMILES string of the molecule is Cc1cc(N(C)C[C@@H](C)N2CCOCC2)n2nccc2n1. The summed E-state index contributed by atoms with van der Waals surface area (Å²) < 4.78 is 7.33. The van der Waals surface area contributed by atoms with Crippen molar-refractivity contribution in [1.82, 2.24) is 19.5 Å². The molecule has 0 aliphatic carbocycles. The largest absolute Gasteiger partial charge is 0.379 e. The van der Waals surface area contributed by atoms with Crippen molar-refractivity contribution in [3.05, 3.63) is 24.0 Å². The average Bonchev–Trinajstić information content (AvgIpc) is 2.95. The Morgan fingerprint density at radius 2 is 2.14 bits per heavy atom. The van der Waals surface area contributed by atoms with Crippen molar-refractivity contribution in [2.45, 2.75) is 19.9 Å². The van der Waals surface area contributed by atoms with Crippen LogP contribution in [0.4, 0.5) is 5.82 Å². The van der Waals surface area contributed by atoms with Crippen LogP contribution in [0.5, 0.6) is 0 Å². The van der Waals surface area contributed by atoms with E-state index in [4.69, 9.17) is 4.74 Å². The average molecular weight is 289 g/mol. The van der Waals surface area contributed by atoms with Crippen LogP contribution in [0.3, 0.4) is 0 Å². The normalized spacial score (nSPS) is 18.0. The molecule has 0 aromatic carbocycles. The van der Waals surface area contributed by atoms with Crippen molar-refractivity contribution in [3.8, 4) is 0 Å². The molecule has 0 saturated carbocycles. The second-order valence-electron chi connectivity index (χ2n) is 5.73. The maximum absolute atomic E-state index is 5.42. The van der Waals surface area contributed by atoms with Gasteiger partial charge in [-0.2, -0.15) is 9.61 Å². The molecule has 0 amide bonds. The lowest BCUT2D eigenvalue weighted by molar-refractivity contribution is 0.0217. The number of ether oxygens (including phenoxy) is 1. The van der Waals surface area contributed by atoms with E-state index < -0.39 is 0 Å². The molecule has 114 valence electrons. The Labute approximate surface area is 125 Å². The minimum atomic E-state index is 0.484. The van der Waals surface area contributed by atoms with Gasteiger partial charge >= 0.3 is 0 Å². The number of nitrogens with zero attached hydrogens (tertiary/aromatic N) is 5. The van der Waals surface area contributed by atoms with Crippen molar-refractivity contribution in [2.75, 3.05) is 44.8 Å². The summed E-state index contributed by atoms with van der Waals surface area (Å²) in [5, 5.41) is 4.38. The lowest BCUT2D eigenvalue weighted by Gasteiger charge is -2.35. The summed E-state index contributed by atoms with van der Waals surface area (Å²) in [5.74, 6) is 1.09. The summed E-state index contributed by atoms with van der Waals surface area (Å²) >= 11 is 0.